The molecule has 1 N–H and O–H groups in total. The fraction of sp³-hybridized carbons (Fsp3) is 0.167. The molecule has 2 aromatic carbocycles. The number of nitrogens with zero attached hydrogens (tertiary/aromatic N) is 2. The average Bonchev–Trinajstić information content (AvgIpc) is 2.51. The molecule has 3 rings (SSSR count). The molecule has 0 amide bonds. The second kappa shape index (κ2) is 5.89. The number of pyridine rings is 1. The Bertz CT molecular complexity index is 816. The van der Waals surface area contributed by atoms with Crippen LogP contribution in [0.15, 0.2) is 58.3 Å². The van der Waals surface area contributed by atoms with Gasteiger partial charge in [0.1, 0.15) is 11.6 Å². The highest BCUT2D eigenvalue weighted by Gasteiger charge is 2.13. The van der Waals surface area contributed by atoms with E-state index in [0.717, 1.165) is 21.5 Å². The van der Waals surface area contributed by atoms with Crippen LogP contribution in [-0.4, -0.2) is 24.2 Å². The van der Waals surface area contributed by atoms with E-state index in [0.29, 0.717) is 5.69 Å². The maximum Gasteiger partial charge on any atom is 0.144 e. The summed E-state index contributed by atoms with van der Waals surface area (Å²) in [6.07, 6.45) is 0. The van der Waals surface area contributed by atoms with Crippen molar-refractivity contribution in [1.82, 2.24) is 4.98 Å². The first kappa shape index (κ1) is 14.7. The lowest BCUT2D eigenvalue weighted by Gasteiger charge is -2.17. The van der Waals surface area contributed by atoms with Crippen molar-refractivity contribution < 1.29 is 5.11 Å². The van der Waals surface area contributed by atoms with Gasteiger partial charge in [-0.25, -0.2) is 4.98 Å². The molecule has 0 fully saturated rings. The quantitative estimate of drug-likeness (QED) is 0.774. The first-order chi connectivity index (χ1) is 10.6. The fourth-order valence-electron chi connectivity index (χ4n) is 2.41. The van der Waals surface area contributed by atoms with Gasteiger partial charge in [-0.15, -0.1) is 0 Å². The maximum absolute atomic E-state index is 10.3. The number of fused-ring (bicyclic) bond motifs is 1. The van der Waals surface area contributed by atoms with E-state index >= 15 is 0 Å². The van der Waals surface area contributed by atoms with E-state index in [4.69, 9.17) is 0 Å². The first-order valence-corrected chi connectivity index (χ1v) is 7.91. The Morgan fingerprint density at radius 3 is 2.36 bits per heavy atom. The summed E-state index contributed by atoms with van der Waals surface area (Å²) in [6.45, 7) is 1.83. The number of hydrogen-bond donors (Lipinski definition) is 1. The Balaban J connectivity index is 2.12. The Labute approximate surface area is 134 Å². The Morgan fingerprint density at radius 1 is 0.955 bits per heavy atom. The molecule has 0 saturated heterocycles. The Kier molecular flexibility index (Phi) is 3.94. The van der Waals surface area contributed by atoms with Gasteiger partial charge in [-0.2, -0.15) is 0 Å². The molecule has 3 aromatic rings. The van der Waals surface area contributed by atoms with E-state index in [1.807, 2.05) is 56.3 Å². The summed E-state index contributed by atoms with van der Waals surface area (Å²) in [5.41, 5.74) is 0.652. The van der Waals surface area contributed by atoms with Gasteiger partial charge in [0.25, 0.3) is 0 Å². The van der Waals surface area contributed by atoms with Crippen LogP contribution < -0.4 is 4.90 Å². The Morgan fingerprint density at radius 2 is 1.68 bits per heavy atom. The topological polar surface area (TPSA) is 36.4 Å². The molecule has 0 saturated carbocycles. The normalized spacial score (nSPS) is 10.9. The molecule has 0 aliphatic heterocycles. The third-order valence-electron chi connectivity index (χ3n) is 3.51. The summed E-state index contributed by atoms with van der Waals surface area (Å²) in [4.78, 5) is 8.82. The minimum Gasteiger partial charge on any atom is -0.505 e. The van der Waals surface area contributed by atoms with Crippen molar-refractivity contribution in [3.8, 4) is 5.75 Å². The number of aryl methyl sites for hydroxylation is 1. The van der Waals surface area contributed by atoms with Crippen LogP contribution in [0.1, 0.15) is 5.69 Å². The van der Waals surface area contributed by atoms with Gasteiger partial charge in [0.05, 0.1) is 5.69 Å². The molecular formula is C18H18N2OS. The summed E-state index contributed by atoms with van der Waals surface area (Å²) in [7, 11) is 3.94. The molecule has 0 bridgehead atoms. The first-order valence-electron chi connectivity index (χ1n) is 7.10. The Hall–Kier alpha value is -2.20. The van der Waals surface area contributed by atoms with Crippen molar-refractivity contribution in [1.29, 1.82) is 0 Å². The predicted octanol–water partition coefficient (Wildman–Crippen LogP) is 4.47. The molecular weight excluding hydrogens is 292 g/mol. The summed E-state index contributed by atoms with van der Waals surface area (Å²) < 4.78 is 0. The smallest absolute Gasteiger partial charge is 0.144 e. The predicted molar refractivity (Wildman–Crippen MR) is 93.0 cm³/mol. The number of aromatic nitrogens is 1. The average molecular weight is 310 g/mol. The highest BCUT2D eigenvalue weighted by atomic mass is 32.2. The molecule has 0 aliphatic carbocycles. The summed E-state index contributed by atoms with van der Waals surface area (Å²) >= 11 is 1.70. The summed E-state index contributed by atoms with van der Waals surface area (Å²) in [6, 6.07) is 16.4. The van der Waals surface area contributed by atoms with Crippen molar-refractivity contribution in [3.05, 3.63) is 54.2 Å². The zero-order valence-corrected chi connectivity index (χ0v) is 13.7. The standard InChI is InChI=1S/C18H18N2OS/c1-12-17(21)15-10-9-14(22-13-7-5-4-6-8-13)11-16(15)18(19-12)20(2)3/h4-11,21H,1-3H3. The molecule has 4 heteroatoms. The zero-order valence-electron chi connectivity index (χ0n) is 12.9. The fourth-order valence-corrected chi connectivity index (χ4v) is 3.29. The van der Waals surface area contributed by atoms with Gasteiger partial charge >= 0.3 is 0 Å². The van der Waals surface area contributed by atoms with Gasteiger partial charge in [0.2, 0.25) is 0 Å². The molecule has 112 valence electrons. The van der Waals surface area contributed by atoms with Crippen LogP contribution in [0.25, 0.3) is 10.8 Å². The van der Waals surface area contributed by atoms with Crippen LogP contribution in [0.4, 0.5) is 5.82 Å². The molecule has 1 aromatic heterocycles. The van der Waals surface area contributed by atoms with Gasteiger partial charge in [-0.05, 0) is 37.3 Å². The van der Waals surface area contributed by atoms with E-state index in [-0.39, 0.29) is 5.75 Å². The monoisotopic (exact) mass is 310 g/mol. The van der Waals surface area contributed by atoms with Gasteiger partial charge < -0.3 is 10.0 Å². The minimum atomic E-state index is 0.261. The number of hydrogen-bond acceptors (Lipinski definition) is 4. The molecule has 0 radical (unpaired) electrons. The third kappa shape index (κ3) is 2.74. The molecule has 1 heterocycles. The van der Waals surface area contributed by atoms with Gasteiger partial charge in [0, 0.05) is 34.7 Å². The largest absolute Gasteiger partial charge is 0.505 e. The molecule has 22 heavy (non-hydrogen) atoms. The maximum atomic E-state index is 10.3. The third-order valence-corrected chi connectivity index (χ3v) is 4.50. The van der Waals surface area contributed by atoms with E-state index in [1.54, 1.807) is 11.8 Å². The van der Waals surface area contributed by atoms with E-state index in [2.05, 4.69) is 23.2 Å². The van der Waals surface area contributed by atoms with Crippen LogP contribution in [0.3, 0.4) is 0 Å². The van der Waals surface area contributed by atoms with Crippen LogP contribution in [-0.2, 0) is 0 Å². The van der Waals surface area contributed by atoms with Crippen molar-refractivity contribution in [2.75, 3.05) is 19.0 Å². The lowest BCUT2D eigenvalue weighted by molar-refractivity contribution is 0.474. The lowest BCUT2D eigenvalue weighted by Crippen LogP contribution is -2.11. The number of anilines is 1. The van der Waals surface area contributed by atoms with Gasteiger partial charge in [-0.3, -0.25) is 0 Å². The number of aromatic hydroxyl groups is 1. The van der Waals surface area contributed by atoms with Crippen LogP contribution in [0, 0.1) is 6.92 Å². The van der Waals surface area contributed by atoms with Crippen LogP contribution in [0.5, 0.6) is 5.75 Å². The van der Waals surface area contributed by atoms with Crippen molar-refractivity contribution in [2.24, 2.45) is 0 Å². The van der Waals surface area contributed by atoms with Crippen LogP contribution >= 0.6 is 11.8 Å². The molecule has 0 unspecified atom stereocenters. The molecule has 0 spiro atoms. The zero-order chi connectivity index (χ0) is 15.7. The number of benzene rings is 2. The lowest BCUT2D eigenvalue weighted by atomic mass is 10.1. The molecule has 3 nitrogen and oxygen atoms in total. The second-order valence-electron chi connectivity index (χ2n) is 5.39. The van der Waals surface area contributed by atoms with Gasteiger partial charge in [0.15, 0.2) is 0 Å². The minimum absolute atomic E-state index is 0.261. The highest BCUT2D eigenvalue weighted by molar-refractivity contribution is 7.99. The number of rotatable bonds is 3. The second-order valence-corrected chi connectivity index (χ2v) is 6.53. The van der Waals surface area contributed by atoms with Crippen molar-refractivity contribution in [3.63, 3.8) is 0 Å². The van der Waals surface area contributed by atoms with Gasteiger partial charge in [-0.1, -0.05) is 30.0 Å². The van der Waals surface area contributed by atoms with Crippen molar-refractivity contribution >= 4 is 28.4 Å². The highest BCUT2D eigenvalue weighted by Crippen LogP contribution is 2.37. The van der Waals surface area contributed by atoms with Crippen LogP contribution in [0.2, 0.25) is 0 Å². The SMILES string of the molecule is Cc1nc(N(C)C)c2cc(Sc3ccccc3)ccc2c1O. The summed E-state index contributed by atoms with van der Waals surface area (Å²) in [5.74, 6) is 1.14. The van der Waals surface area contributed by atoms with Crippen molar-refractivity contribution in [2.45, 2.75) is 16.7 Å². The van der Waals surface area contributed by atoms with E-state index < -0.39 is 0 Å². The molecule has 0 aliphatic rings. The van der Waals surface area contributed by atoms with E-state index in [9.17, 15) is 5.11 Å². The molecule has 0 atom stereocenters. The summed E-state index contributed by atoms with van der Waals surface area (Å²) in [5, 5.41) is 12.1. The van der Waals surface area contributed by atoms with E-state index in [1.165, 1.54) is 4.90 Å².